The maximum Gasteiger partial charge on any atom is 0.227 e. The molecule has 1 N–H and O–H groups in total. The molecule has 1 unspecified atom stereocenters. The molecule has 0 radical (unpaired) electrons. The maximum absolute atomic E-state index is 13.0. The van der Waals surface area contributed by atoms with Crippen molar-refractivity contribution in [1.82, 2.24) is 4.98 Å². The van der Waals surface area contributed by atoms with E-state index >= 15 is 0 Å². The Labute approximate surface area is 141 Å². The third kappa shape index (κ3) is 3.37. The van der Waals surface area contributed by atoms with E-state index in [1.807, 2.05) is 0 Å². The van der Waals surface area contributed by atoms with Gasteiger partial charge in [0, 0.05) is 22.8 Å². The van der Waals surface area contributed by atoms with Gasteiger partial charge in [-0.25, -0.2) is 9.37 Å². The van der Waals surface area contributed by atoms with Gasteiger partial charge in [0.1, 0.15) is 5.82 Å². The molecule has 0 saturated heterocycles. The van der Waals surface area contributed by atoms with Gasteiger partial charge < -0.3 is 19.4 Å². The summed E-state index contributed by atoms with van der Waals surface area (Å²) in [5, 5.41) is 20.6. The summed E-state index contributed by atoms with van der Waals surface area (Å²) in [5.74, 6) is -1.15. The molecule has 7 heteroatoms. The Balaban J connectivity index is 2.05. The Morgan fingerprint density at radius 3 is 2.62 bits per heavy atom. The number of carboxylic acid groups (broad SMARTS) is 1. The Kier molecular flexibility index (Phi) is 4.46. The van der Waals surface area contributed by atoms with Crippen molar-refractivity contribution in [3.63, 3.8) is 0 Å². The summed E-state index contributed by atoms with van der Waals surface area (Å²) in [7, 11) is 0. The molecule has 0 fully saturated rings. The molecule has 2 aromatic heterocycles. The fraction of sp³-hybridized carbons (Fsp3) is 0.176. The van der Waals surface area contributed by atoms with Crippen LogP contribution in [0.1, 0.15) is 23.6 Å². The predicted molar refractivity (Wildman–Crippen MR) is 84.6 cm³/mol. The van der Waals surface area contributed by atoms with Crippen LogP contribution in [0.15, 0.2) is 40.8 Å². The minimum absolute atomic E-state index is 0.202. The van der Waals surface area contributed by atoms with Crippen molar-refractivity contribution in [1.29, 1.82) is 0 Å². The molecule has 0 aliphatic rings. The zero-order valence-corrected chi connectivity index (χ0v) is 13.5. The lowest BCUT2D eigenvalue weighted by Crippen LogP contribution is -2.24. The monoisotopic (exact) mass is 346 g/mol. The number of aliphatic hydroxyl groups excluding tert-OH is 1. The zero-order valence-electron chi connectivity index (χ0n) is 12.7. The second-order valence-electron chi connectivity index (χ2n) is 5.23. The average molecular weight is 346 g/mol. The minimum Gasteiger partial charge on any atom is -0.550 e. The third-order valence-corrected chi connectivity index (χ3v) is 4.62. The second-order valence-corrected chi connectivity index (χ2v) is 6.34. The average Bonchev–Trinajstić information content (AvgIpc) is 3.14. The fourth-order valence-electron chi connectivity index (χ4n) is 2.22. The first kappa shape index (κ1) is 16.4. The van der Waals surface area contributed by atoms with Crippen molar-refractivity contribution in [2.45, 2.75) is 19.4 Å². The number of carbonyl (C=O) groups is 1. The molecule has 3 aromatic rings. The summed E-state index contributed by atoms with van der Waals surface area (Å²) in [6.45, 7) is 1.64. The molecule has 5 nitrogen and oxygen atoms in total. The number of carboxylic acids is 1. The number of oxazole rings is 1. The first-order chi connectivity index (χ1) is 11.4. The van der Waals surface area contributed by atoms with Crippen molar-refractivity contribution in [3.05, 3.63) is 52.8 Å². The molecule has 3 rings (SSSR count). The van der Waals surface area contributed by atoms with Crippen molar-refractivity contribution >= 4 is 17.3 Å². The van der Waals surface area contributed by atoms with Gasteiger partial charge in [-0.05, 0) is 43.3 Å². The fourth-order valence-corrected chi connectivity index (χ4v) is 3.16. The topological polar surface area (TPSA) is 86.4 Å². The van der Waals surface area contributed by atoms with E-state index < -0.39 is 18.5 Å². The van der Waals surface area contributed by atoms with Gasteiger partial charge >= 0.3 is 0 Å². The van der Waals surface area contributed by atoms with E-state index in [1.165, 1.54) is 35.6 Å². The van der Waals surface area contributed by atoms with E-state index in [2.05, 4.69) is 4.98 Å². The molecular formula is C17H13FNO4S-. The molecule has 0 amide bonds. The molecule has 1 atom stereocenters. The van der Waals surface area contributed by atoms with Crippen molar-refractivity contribution in [2.75, 3.05) is 0 Å². The smallest absolute Gasteiger partial charge is 0.227 e. The van der Waals surface area contributed by atoms with Crippen LogP contribution in [0.3, 0.4) is 0 Å². The number of aromatic nitrogens is 1. The number of aliphatic carboxylic acids is 1. The highest BCUT2D eigenvalue weighted by Gasteiger charge is 2.19. The summed E-state index contributed by atoms with van der Waals surface area (Å²) in [5.41, 5.74) is 0.767. The zero-order chi connectivity index (χ0) is 17.3. The molecule has 0 aliphatic carbocycles. The molecule has 1 aromatic carbocycles. The molecular weight excluding hydrogens is 333 g/mol. The second kappa shape index (κ2) is 6.54. The van der Waals surface area contributed by atoms with Gasteiger partial charge in [0.2, 0.25) is 5.89 Å². The van der Waals surface area contributed by atoms with Gasteiger partial charge in [-0.3, -0.25) is 0 Å². The number of nitrogens with zero attached hydrogens (tertiary/aromatic N) is 1. The van der Waals surface area contributed by atoms with Crippen LogP contribution in [0.2, 0.25) is 0 Å². The first-order valence-corrected chi connectivity index (χ1v) is 7.99. The van der Waals surface area contributed by atoms with E-state index in [1.54, 1.807) is 19.1 Å². The summed E-state index contributed by atoms with van der Waals surface area (Å²) in [6.07, 6.45) is -1.03. The lowest BCUT2D eigenvalue weighted by Gasteiger charge is -2.00. The highest BCUT2D eigenvalue weighted by molar-refractivity contribution is 7.15. The standard InChI is InChI=1S/C17H14FNO4S/c1-9(20)13-6-7-14(24-13)16-12(8-15(21)22)19-17(23-16)10-2-4-11(18)5-3-10/h2-7,9,20H,8H2,1H3,(H,21,22)/p-1. The minimum atomic E-state index is -1.28. The van der Waals surface area contributed by atoms with Gasteiger partial charge in [0.15, 0.2) is 5.76 Å². The van der Waals surface area contributed by atoms with Crippen LogP contribution in [-0.4, -0.2) is 16.1 Å². The highest BCUT2D eigenvalue weighted by Crippen LogP contribution is 2.36. The molecule has 0 bridgehead atoms. The molecule has 0 spiro atoms. The summed E-state index contributed by atoms with van der Waals surface area (Å²) >= 11 is 1.29. The maximum atomic E-state index is 13.0. The number of rotatable bonds is 5. The van der Waals surface area contributed by atoms with Gasteiger partial charge in [0.05, 0.1) is 16.7 Å². The van der Waals surface area contributed by atoms with Gasteiger partial charge in [0.25, 0.3) is 0 Å². The van der Waals surface area contributed by atoms with Crippen LogP contribution in [-0.2, 0) is 11.2 Å². The number of halogens is 1. The third-order valence-electron chi connectivity index (χ3n) is 3.36. The summed E-state index contributed by atoms with van der Waals surface area (Å²) in [4.78, 5) is 16.6. The van der Waals surface area contributed by atoms with Crippen molar-refractivity contribution < 1.29 is 23.8 Å². The Morgan fingerprint density at radius 2 is 2.04 bits per heavy atom. The summed E-state index contributed by atoms with van der Waals surface area (Å²) in [6, 6.07) is 9.03. The van der Waals surface area contributed by atoms with Gasteiger partial charge in [-0.1, -0.05) is 0 Å². The number of carbonyl (C=O) groups excluding carboxylic acids is 1. The van der Waals surface area contributed by atoms with Crippen LogP contribution in [0, 0.1) is 5.82 Å². The van der Waals surface area contributed by atoms with E-state index in [-0.39, 0.29) is 17.4 Å². The molecule has 124 valence electrons. The lowest BCUT2D eigenvalue weighted by molar-refractivity contribution is -0.304. The lowest BCUT2D eigenvalue weighted by atomic mass is 10.2. The largest absolute Gasteiger partial charge is 0.550 e. The number of thiophene rings is 1. The van der Waals surface area contributed by atoms with Crippen molar-refractivity contribution in [2.24, 2.45) is 0 Å². The number of hydrogen-bond acceptors (Lipinski definition) is 6. The predicted octanol–water partition coefficient (Wildman–Crippen LogP) is 2.55. The normalized spacial score (nSPS) is 12.3. The van der Waals surface area contributed by atoms with E-state index in [0.717, 1.165) is 4.88 Å². The van der Waals surface area contributed by atoms with E-state index in [0.29, 0.717) is 16.2 Å². The number of aliphatic hydroxyl groups is 1. The molecule has 0 aliphatic heterocycles. The van der Waals surface area contributed by atoms with Crippen LogP contribution >= 0.6 is 11.3 Å². The number of benzene rings is 1. The highest BCUT2D eigenvalue weighted by atomic mass is 32.1. The summed E-state index contributed by atoms with van der Waals surface area (Å²) < 4.78 is 18.8. The van der Waals surface area contributed by atoms with Crippen LogP contribution < -0.4 is 5.11 Å². The SMILES string of the molecule is CC(O)c1ccc(-c2oc(-c3ccc(F)cc3)nc2CC(=O)[O-])s1. The first-order valence-electron chi connectivity index (χ1n) is 7.17. The Hall–Kier alpha value is -2.51. The number of hydrogen-bond donors (Lipinski definition) is 1. The quantitative estimate of drug-likeness (QED) is 0.767. The van der Waals surface area contributed by atoms with Gasteiger partial charge in [-0.15, -0.1) is 11.3 Å². The van der Waals surface area contributed by atoms with Crippen molar-refractivity contribution in [3.8, 4) is 22.1 Å². The van der Waals surface area contributed by atoms with E-state index in [9.17, 15) is 19.4 Å². The van der Waals surface area contributed by atoms with Gasteiger partial charge in [-0.2, -0.15) is 0 Å². The van der Waals surface area contributed by atoms with E-state index in [4.69, 9.17) is 4.42 Å². The van der Waals surface area contributed by atoms with Crippen LogP contribution in [0.25, 0.3) is 22.1 Å². The van der Waals surface area contributed by atoms with Crippen LogP contribution in [0.5, 0.6) is 0 Å². The Bertz CT molecular complexity index is 867. The molecule has 0 saturated carbocycles. The molecule has 2 heterocycles. The Morgan fingerprint density at radius 1 is 1.33 bits per heavy atom. The molecule has 24 heavy (non-hydrogen) atoms. The van der Waals surface area contributed by atoms with Crippen LogP contribution in [0.4, 0.5) is 4.39 Å².